The van der Waals surface area contributed by atoms with E-state index in [1.807, 2.05) is 0 Å². The van der Waals surface area contributed by atoms with Crippen LogP contribution in [-0.4, -0.2) is 56.2 Å². The van der Waals surface area contributed by atoms with Gasteiger partial charge in [0.05, 0.1) is 28.8 Å². The molecule has 4 N–H and O–H groups in total. The number of hydrogen-bond acceptors (Lipinski definition) is 10. The van der Waals surface area contributed by atoms with Gasteiger partial charge in [-0.05, 0) is 29.7 Å². The number of ether oxygens (including phenoxy) is 2. The number of anilines is 2. The Labute approximate surface area is 192 Å². The monoisotopic (exact) mass is 490 g/mol. The van der Waals surface area contributed by atoms with Crippen LogP contribution in [0.4, 0.5) is 20.4 Å². The van der Waals surface area contributed by atoms with Crippen molar-refractivity contribution in [3.05, 3.63) is 46.5 Å². The Morgan fingerprint density at radius 1 is 1.26 bits per heavy atom. The number of rotatable bonds is 5. The van der Waals surface area contributed by atoms with Crippen LogP contribution >= 0.6 is 11.5 Å². The quantitative estimate of drug-likeness (QED) is 0.378. The molecule has 0 saturated carbocycles. The predicted octanol–water partition coefficient (Wildman–Crippen LogP) is 1.58. The van der Waals surface area contributed by atoms with Gasteiger partial charge in [-0.15, -0.1) is 0 Å². The van der Waals surface area contributed by atoms with Crippen molar-refractivity contribution in [3.63, 3.8) is 0 Å². The standard InChI is InChI=1S/C20H16F2N6O5S/c21-20(22)33-11-3-1-2-10(25-11)28-6-7-32-14(19(28)31)13(29)17-24-9-5-4-8-15(34-27-16(8)23)12(9)18(30)26-17/h1-5,13-14,20,29H,6-7H2,(H2,23,27)(H,24,26,30)/t13?,14-/m1/s1. The molecule has 2 atom stereocenters. The fourth-order valence-corrected chi connectivity index (χ4v) is 4.56. The number of hydrogen-bond donors (Lipinski definition) is 3. The molecular weight excluding hydrogens is 474 g/mol. The number of carbonyl (C=O) groups is 1. The van der Waals surface area contributed by atoms with E-state index >= 15 is 0 Å². The molecule has 1 saturated heterocycles. The van der Waals surface area contributed by atoms with E-state index in [9.17, 15) is 23.5 Å². The van der Waals surface area contributed by atoms with E-state index in [0.29, 0.717) is 15.9 Å². The molecule has 5 rings (SSSR count). The number of aliphatic hydroxyl groups excluding tert-OH is 1. The summed E-state index contributed by atoms with van der Waals surface area (Å²) >= 11 is 1.06. The molecule has 0 spiro atoms. The molecule has 3 aromatic heterocycles. The van der Waals surface area contributed by atoms with Crippen molar-refractivity contribution in [1.29, 1.82) is 0 Å². The number of nitrogen functional groups attached to an aromatic ring is 1. The Morgan fingerprint density at radius 2 is 2.09 bits per heavy atom. The first-order valence-electron chi connectivity index (χ1n) is 9.94. The van der Waals surface area contributed by atoms with Gasteiger partial charge in [0.2, 0.25) is 5.88 Å². The molecular formula is C20H16F2N6O5S. The van der Waals surface area contributed by atoms with Gasteiger partial charge >= 0.3 is 6.61 Å². The molecule has 1 fully saturated rings. The number of aromatic nitrogens is 4. The maximum atomic E-state index is 13.1. The Kier molecular flexibility index (Phi) is 5.55. The summed E-state index contributed by atoms with van der Waals surface area (Å²) < 4.78 is 39.4. The lowest BCUT2D eigenvalue weighted by atomic mass is 10.1. The van der Waals surface area contributed by atoms with Crippen LogP contribution in [0.3, 0.4) is 0 Å². The van der Waals surface area contributed by atoms with E-state index in [1.54, 1.807) is 12.1 Å². The van der Waals surface area contributed by atoms with Crippen LogP contribution in [0.25, 0.3) is 21.0 Å². The molecule has 1 amide bonds. The van der Waals surface area contributed by atoms with Crippen molar-refractivity contribution in [3.8, 4) is 5.88 Å². The van der Waals surface area contributed by atoms with E-state index in [-0.39, 0.29) is 41.6 Å². The molecule has 0 aliphatic carbocycles. The lowest BCUT2D eigenvalue weighted by Crippen LogP contribution is -2.51. The van der Waals surface area contributed by atoms with Crippen LogP contribution in [-0.2, 0) is 9.53 Å². The third-order valence-corrected chi connectivity index (χ3v) is 6.13. The third-order valence-electron chi connectivity index (χ3n) is 5.24. The van der Waals surface area contributed by atoms with E-state index in [0.717, 1.165) is 11.5 Å². The normalized spacial score (nSPS) is 17.6. The zero-order chi connectivity index (χ0) is 24.0. The number of fused-ring (bicyclic) bond motifs is 3. The number of H-pyrrole nitrogens is 1. The van der Waals surface area contributed by atoms with Crippen LogP contribution in [0.5, 0.6) is 5.88 Å². The number of alkyl halides is 2. The molecule has 14 heteroatoms. The molecule has 34 heavy (non-hydrogen) atoms. The summed E-state index contributed by atoms with van der Waals surface area (Å²) in [6.45, 7) is -2.98. The zero-order valence-corrected chi connectivity index (χ0v) is 18.0. The number of benzene rings is 1. The highest BCUT2D eigenvalue weighted by atomic mass is 32.1. The van der Waals surface area contributed by atoms with Gasteiger partial charge in [-0.1, -0.05) is 6.07 Å². The topological polar surface area (TPSA) is 157 Å². The summed E-state index contributed by atoms with van der Waals surface area (Å²) in [6, 6.07) is 7.31. The SMILES string of the molecule is Nc1nsc2c1ccc1nc(C(O)[C@H]3OCCN(c4cccc(OC(F)F)n4)C3=O)[nH]c(=O)c12. The molecule has 1 aliphatic heterocycles. The summed E-state index contributed by atoms with van der Waals surface area (Å²) in [5.41, 5.74) is 5.57. The predicted molar refractivity (Wildman–Crippen MR) is 118 cm³/mol. The van der Waals surface area contributed by atoms with E-state index in [2.05, 4.69) is 24.1 Å². The van der Waals surface area contributed by atoms with Crippen molar-refractivity contribution >= 4 is 50.1 Å². The van der Waals surface area contributed by atoms with Gasteiger partial charge in [0.1, 0.15) is 23.6 Å². The number of morpholine rings is 1. The van der Waals surface area contributed by atoms with Gasteiger partial charge in [-0.25, -0.2) is 4.98 Å². The number of amides is 1. The number of aromatic amines is 1. The fourth-order valence-electron chi connectivity index (χ4n) is 3.72. The minimum absolute atomic E-state index is 0.0215. The maximum Gasteiger partial charge on any atom is 0.388 e. The van der Waals surface area contributed by atoms with E-state index in [1.165, 1.54) is 23.1 Å². The second-order valence-corrected chi connectivity index (χ2v) is 8.07. The van der Waals surface area contributed by atoms with Crippen molar-refractivity contribution in [1.82, 2.24) is 19.3 Å². The average Bonchev–Trinajstić information content (AvgIpc) is 3.19. The summed E-state index contributed by atoms with van der Waals surface area (Å²) in [5.74, 6) is -0.872. The summed E-state index contributed by atoms with van der Waals surface area (Å²) in [4.78, 5) is 37.8. The molecule has 0 radical (unpaired) electrons. The summed E-state index contributed by atoms with van der Waals surface area (Å²) in [6.07, 6.45) is -3.03. The first-order chi connectivity index (χ1) is 16.3. The number of nitrogens with two attached hydrogens (primary N) is 1. The van der Waals surface area contributed by atoms with Crippen molar-refractivity contribution < 1.29 is 28.2 Å². The van der Waals surface area contributed by atoms with Crippen LogP contribution in [0, 0.1) is 0 Å². The van der Waals surface area contributed by atoms with Crippen LogP contribution in [0.2, 0.25) is 0 Å². The number of aliphatic hydroxyl groups is 1. The van der Waals surface area contributed by atoms with E-state index in [4.69, 9.17) is 10.5 Å². The number of nitrogens with one attached hydrogen (secondary N) is 1. The highest BCUT2D eigenvalue weighted by Gasteiger charge is 2.38. The minimum Gasteiger partial charge on any atom is -0.417 e. The molecule has 176 valence electrons. The number of pyridine rings is 1. The highest BCUT2D eigenvalue weighted by molar-refractivity contribution is 7.14. The van der Waals surface area contributed by atoms with Crippen molar-refractivity contribution in [2.75, 3.05) is 23.8 Å². The van der Waals surface area contributed by atoms with Gasteiger partial charge < -0.3 is 25.3 Å². The van der Waals surface area contributed by atoms with Gasteiger partial charge in [0.15, 0.2) is 6.10 Å². The highest BCUT2D eigenvalue weighted by Crippen LogP contribution is 2.31. The maximum absolute atomic E-state index is 13.1. The second kappa shape index (κ2) is 8.55. The first-order valence-corrected chi connectivity index (χ1v) is 10.7. The van der Waals surface area contributed by atoms with Crippen molar-refractivity contribution in [2.45, 2.75) is 18.8 Å². The number of carbonyl (C=O) groups excluding carboxylic acids is 1. The van der Waals surface area contributed by atoms with Crippen LogP contribution in [0.1, 0.15) is 11.9 Å². The van der Waals surface area contributed by atoms with Crippen LogP contribution < -0.4 is 20.9 Å². The molecule has 4 aromatic rings. The Hall–Kier alpha value is -3.75. The smallest absolute Gasteiger partial charge is 0.388 e. The molecule has 1 unspecified atom stereocenters. The van der Waals surface area contributed by atoms with Gasteiger partial charge in [0.25, 0.3) is 11.5 Å². The summed E-state index contributed by atoms with van der Waals surface area (Å²) in [5, 5.41) is 11.8. The largest absolute Gasteiger partial charge is 0.417 e. The van der Waals surface area contributed by atoms with E-state index < -0.39 is 30.3 Å². The Morgan fingerprint density at radius 3 is 2.88 bits per heavy atom. The van der Waals surface area contributed by atoms with Crippen molar-refractivity contribution in [2.24, 2.45) is 0 Å². The lowest BCUT2D eigenvalue weighted by molar-refractivity contribution is -0.143. The first kappa shape index (κ1) is 22.1. The van der Waals surface area contributed by atoms with Gasteiger partial charge in [-0.2, -0.15) is 18.1 Å². The fraction of sp³-hybridized carbons (Fsp3) is 0.250. The summed E-state index contributed by atoms with van der Waals surface area (Å²) in [7, 11) is 0. The number of nitrogens with zero attached hydrogens (tertiary/aromatic N) is 4. The van der Waals surface area contributed by atoms with Gasteiger partial charge in [-0.3, -0.25) is 14.5 Å². The molecule has 1 aromatic carbocycles. The van der Waals surface area contributed by atoms with Gasteiger partial charge in [0, 0.05) is 11.5 Å². The average molecular weight is 490 g/mol. The van der Waals surface area contributed by atoms with Crippen LogP contribution in [0.15, 0.2) is 35.1 Å². The third kappa shape index (κ3) is 3.81. The second-order valence-electron chi connectivity index (χ2n) is 7.29. The molecule has 0 bridgehead atoms. The molecule has 1 aliphatic rings. The molecule has 4 heterocycles. The Balaban J connectivity index is 1.46. The number of halogens is 2. The minimum atomic E-state index is -3.07. The molecule has 11 nitrogen and oxygen atoms in total. The zero-order valence-electron chi connectivity index (χ0n) is 17.1. The Bertz CT molecular complexity index is 1460. The lowest BCUT2D eigenvalue weighted by Gasteiger charge is -2.33.